The fraction of sp³-hybridized carbons (Fsp3) is 0.261. The van der Waals surface area contributed by atoms with Crippen LogP contribution < -0.4 is 15.4 Å². The van der Waals surface area contributed by atoms with E-state index in [2.05, 4.69) is 28.7 Å². The quantitative estimate of drug-likeness (QED) is 0.684. The third-order valence-corrected chi connectivity index (χ3v) is 5.44. The number of rotatable bonds is 5. The molecule has 2 aromatic carbocycles. The van der Waals surface area contributed by atoms with Crippen LogP contribution in [0.4, 0.5) is 10.2 Å². The van der Waals surface area contributed by atoms with Crippen molar-refractivity contribution in [2.45, 2.75) is 13.8 Å². The van der Waals surface area contributed by atoms with Crippen LogP contribution >= 0.6 is 0 Å². The lowest BCUT2D eigenvalue weighted by Crippen LogP contribution is -2.23. The molecule has 6 nitrogen and oxygen atoms in total. The van der Waals surface area contributed by atoms with Gasteiger partial charge in [0, 0.05) is 24.7 Å². The monoisotopic (exact) mass is 406 g/mol. The number of anilines is 1. The van der Waals surface area contributed by atoms with Crippen LogP contribution in [0.1, 0.15) is 24.3 Å². The number of primary amides is 1. The van der Waals surface area contributed by atoms with Gasteiger partial charge in [0.15, 0.2) is 5.82 Å². The minimum atomic E-state index is -0.587. The first kappa shape index (κ1) is 19.8. The van der Waals surface area contributed by atoms with Crippen LogP contribution in [0.2, 0.25) is 0 Å². The molecule has 30 heavy (non-hydrogen) atoms. The Morgan fingerprint density at radius 2 is 1.57 bits per heavy atom. The topological polar surface area (TPSA) is 81.3 Å². The zero-order valence-electron chi connectivity index (χ0n) is 16.9. The maximum absolute atomic E-state index is 13.0. The maximum atomic E-state index is 13.0. The molecule has 1 amide bonds. The SMILES string of the molecule is CC1CN(c2cc(C(N)=O)nc(-c3ccc(Oc4ccc(F)cc4)cc3)n2)CC1C. The number of benzene rings is 2. The normalized spacial score (nSPS) is 18.4. The number of hydrogen-bond acceptors (Lipinski definition) is 5. The number of hydrogen-bond donors (Lipinski definition) is 1. The molecular weight excluding hydrogens is 383 g/mol. The molecule has 7 heteroatoms. The van der Waals surface area contributed by atoms with Crippen molar-refractivity contribution in [3.05, 3.63) is 66.1 Å². The Hall–Kier alpha value is -3.48. The molecule has 1 aliphatic rings. The van der Waals surface area contributed by atoms with Gasteiger partial charge in [-0.15, -0.1) is 0 Å². The number of halogens is 1. The number of nitrogens with zero attached hydrogens (tertiary/aromatic N) is 3. The van der Waals surface area contributed by atoms with Gasteiger partial charge in [-0.3, -0.25) is 4.79 Å². The van der Waals surface area contributed by atoms with E-state index in [-0.39, 0.29) is 11.5 Å². The summed E-state index contributed by atoms with van der Waals surface area (Å²) >= 11 is 0. The lowest BCUT2D eigenvalue weighted by molar-refractivity contribution is 0.0995. The molecule has 3 aromatic rings. The summed E-state index contributed by atoms with van der Waals surface area (Å²) in [5, 5.41) is 0. The zero-order chi connectivity index (χ0) is 21.3. The van der Waals surface area contributed by atoms with Crippen molar-refractivity contribution in [3.63, 3.8) is 0 Å². The molecule has 0 bridgehead atoms. The minimum absolute atomic E-state index is 0.189. The third kappa shape index (κ3) is 4.25. The first-order valence-electron chi connectivity index (χ1n) is 9.87. The largest absolute Gasteiger partial charge is 0.457 e. The number of ether oxygens (including phenoxy) is 1. The van der Waals surface area contributed by atoms with E-state index in [0.29, 0.717) is 35.0 Å². The van der Waals surface area contributed by atoms with Gasteiger partial charge in [0.05, 0.1) is 0 Å². The summed E-state index contributed by atoms with van der Waals surface area (Å²) in [6.07, 6.45) is 0. The van der Waals surface area contributed by atoms with E-state index in [1.165, 1.54) is 12.1 Å². The smallest absolute Gasteiger partial charge is 0.267 e. The van der Waals surface area contributed by atoms with Crippen molar-refractivity contribution in [1.29, 1.82) is 0 Å². The van der Waals surface area contributed by atoms with Gasteiger partial charge in [-0.25, -0.2) is 14.4 Å². The van der Waals surface area contributed by atoms with Crippen LogP contribution in [0.5, 0.6) is 11.5 Å². The van der Waals surface area contributed by atoms with E-state index < -0.39 is 5.91 Å². The molecule has 0 spiro atoms. The van der Waals surface area contributed by atoms with E-state index in [1.54, 1.807) is 30.3 Å². The molecular formula is C23H23FN4O2. The molecule has 2 heterocycles. The summed E-state index contributed by atoms with van der Waals surface area (Å²) in [5.74, 6) is 2.46. The number of amides is 1. The highest BCUT2D eigenvalue weighted by atomic mass is 19.1. The van der Waals surface area contributed by atoms with E-state index >= 15 is 0 Å². The van der Waals surface area contributed by atoms with E-state index in [4.69, 9.17) is 10.5 Å². The van der Waals surface area contributed by atoms with Gasteiger partial charge in [0.2, 0.25) is 0 Å². The average molecular weight is 406 g/mol. The Bertz CT molecular complexity index is 1040. The van der Waals surface area contributed by atoms with Gasteiger partial charge < -0.3 is 15.4 Å². The second kappa shape index (κ2) is 8.10. The van der Waals surface area contributed by atoms with Gasteiger partial charge in [-0.1, -0.05) is 13.8 Å². The van der Waals surface area contributed by atoms with E-state index in [9.17, 15) is 9.18 Å². The fourth-order valence-electron chi connectivity index (χ4n) is 3.48. The lowest BCUT2D eigenvalue weighted by Gasteiger charge is -2.18. The molecule has 1 aromatic heterocycles. The van der Waals surface area contributed by atoms with Crippen LogP contribution in [0, 0.1) is 17.7 Å². The van der Waals surface area contributed by atoms with Crippen molar-refractivity contribution < 1.29 is 13.9 Å². The van der Waals surface area contributed by atoms with E-state index in [1.807, 2.05) is 12.1 Å². The number of carbonyl (C=O) groups is 1. The summed E-state index contributed by atoms with van der Waals surface area (Å²) in [5.41, 5.74) is 6.44. The van der Waals surface area contributed by atoms with Crippen LogP contribution in [-0.4, -0.2) is 29.0 Å². The molecule has 2 unspecified atom stereocenters. The second-order valence-electron chi connectivity index (χ2n) is 7.74. The first-order valence-corrected chi connectivity index (χ1v) is 9.87. The summed E-state index contributed by atoms with van der Waals surface area (Å²) in [6.45, 7) is 6.17. The first-order chi connectivity index (χ1) is 14.4. The molecule has 4 rings (SSSR count). The summed E-state index contributed by atoms with van der Waals surface area (Å²) < 4.78 is 18.8. The molecule has 0 saturated carbocycles. The van der Waals surface area contributed by atoms with Crippen molar-refractivity contribution in [2.24, 2.45) is 17.6 Å². The maximum Gasteiger partial charge on any atom is 0.267 e. The van der Waals surface area contributed by atoms with Crippen molar-refractivity contribution >= 4 is 11.7 Å². The molecule has 154 valence electrons. The van der Waals surface area contributed by atoms with Crippen LogP contribution in [0.3, 0.4) is 0 Å². The zero-order valence-corrected chi connectivity index (χ0v) is 16.9. The van der Waals surface area contributed by atoms with Gasteiger partial charge in [-0.2, -0.15) is 0 Å². The van der Waals surface area contributed by atoms with Crippen LogP contribution in [0.25, 0.3) is 11.4 Å². The van der Waals surface area contributed by atoms with Gasteiger partial charge in [0.25, 0.3) is 5.91 Å². The fourth-order valence-corrected chi connectivity index (χ4v) is 3.48. The number of nitrogens with two attached hydrogens (primary N) is 1. The number of aromatic nitrogens is 2. The van der Waals surface area contributed by atoms with Crippen molar-refractivity contribution in [1.82, 2.24) is 9.97 Å². The lowest BCUT2D eigenvalue weighted by atomic mass is 10.0. The Labute approximate surface area is 174 Å². The third-order valence-electron chi connectivity index (χ3n) is 5.44. The highest BCUT2D eigenvalue weighted by molar-refractivity contribution is 5.92. The van der Waals surface area contributed by atoms with Gasteiger partial charge in [-0.05, 0) is 60.4 Å². The molecule has 1 fully saturated rings. The predicted octanol–water partition coefficient (Wildman–Crippen LogP) is 4.27. The van der Waals surface area contributed by atoms with Crippen LogP contribution in [0.15, 0.2) is 54.6 Å². The second-order valence-corrected chi connectivity index (χ2v) is 7.74. The van der Waals surface area contributed by atoms with E-state index in [0.717, 1.165) is 18.7 Å². The van der Waals surface area contributed by atoms with Crippen LogP contribution in [-0.2, 0) is 0 Å². The Kier molecular flexibility index (Phi) is 5.35. The highest BCUT2D eigenvalue weighted by Gasteiger charge is 2.28. The molecule has 1 saturated heterocycles. The Balaban J connectivity index is 1.61. The van der Waals surface area contributed by atoms with Gasteiger partial charge in [0.1, 0.15) is 28.8 Å². The molecule has 2 atom stereocenters. The minimum Gasteiger partial charge on any atom is -0.457 e. The highest BCUT2D eigenvalue weighted by Crippen LogP contribution is 2.29. The molecule has 2 N–H and O–H groups in total. The Morgan fingerprint density at radius 3 is 2.13 bits per heavy atom. The summed E-state index contributed by atoms with van der Waals surface area (Å²) in [6, 6.07) is 14.7. The molecule has 1 aliphatic heterocycles. The van der Waals surface area contributed by atoms with Crippen molar-refractivity contribution in [2.75, 3.05) is 18.0 Å². The Morgan fingerprint density at radius 1 is 1.00 bits per heavy atom. The molecule has 0 aliphatic carbocycles. The average Bonchev–Trinajstić information content (AvgIpc) is 3.08. The summed E-state index contributed by atoms with van der Waals surface area (Å²) in [4.78, 5) is 23.0. The van der Waals surface area contributed by atoms with Gasteiger partial charge >= 0.3 is 0 Å². The molecule has 0 radical (unpaired) electrons. The standard InChI is InChI=1S/C23H23FN4O2/c1-14-12-28(13-15(14)2)21-11-20(22(25)29)26-23(27-21)16-3-7-18(8-4-16)30-19-9-5-17(24)6-10-19/h3-11,14-15H,12-13H2,1-2H3,(H2,25,29). The van der Waals surface area contributed by atoms with Crippen molar-refractivity contribution in [3.8, 4) is 22.9 Å². The summed E-state index contributed by atoms with van der Waals surface area (Å²) in [7, 11) is 0. The predicted molar refractivity (Wildman–Crippen MR) is 113 cm³/mol. The number of carbonyl (C=O) groups excluding carboxylic acids is 1.